The van der Waals surface area contributed by atoms with E-state index >= 15 is 0 Å². The van der Waals surface area contributed by atoms with E-state index in [4.69, 9.17) is 15.8 Å². The second-order valence-electron chi connectivity index (χ2n) is 2.91. The Hall–Kier alpha value is -2.77. The Morgan fingerprint density at radius 1 is 0.938 bits per heavy atom. The van der Waals surface area contributed by atoms with Gasteiger partial charge in [0, 0.05) is 17.5 Å². The lowest BCUT2D eigenvalue weighted by molar-refractivity contribution is 1.13. The summed E-state index contributed by atoms with van der Waals surface area (Å²) in [5.74, 6) is 0. The van der Waals surface area contributed by atoms with Crippen molar-refractivity contribution >= 4 is 11.3 Å². The minimum Gasteiger partial charge on any atom is -0.379 e. The van der Waals surface area contributed by atoms with Crippen LogP contribution in [-0.2, 0) is 0 Å². The van der Waals surface area contributed by atoms with Gasteiger partial charge in [-0.1, -0.05) is 24.3 Å². The Balaban J connectivity index is 3.50. The summed E-state index contributed by atoms with van der Waals surface area (Å²) in [6.07, 6.45) is 0. The number of hydrogen-bond donors (Lipinski definition) is 1. The molecule has 0 aliphatic rings. The molecular formula is C12H8N4. The van der Waals surface area contributed by atoms with E-state index in [1.807, 2.05) is 18.2 Å². The molecule has 0 atom stereocenters. The summed E-state index contributed by atoms with van der Waals surface area (Å²) in [4.78, 5) is 0. The molecule has 0 amide bonds. The van der Waals surface area contributed by atoms with Gasteiger partial charge < -0.3 is 5.32 Å². The van der Waals surface area contributed by atoms with Crippen molar-refractivity contribution in [2.45, 2.75) is 0 Å². The first-order chi connectivity index (χ1) is 7.76. The van der Waals surface area contributed by atoms with Crippen LogP contribution in [0.1, 0.15) is 0 Å². The molecule has 1 aromatic rings. The SMILES string of the molecule is CNC(C#N)=c1ccc(=C(C#N)C#N)cc1. The molecule has 1 N–H and O–H groups in total. The Morgan fingerprint density at radius 3 is 1.81 bits per heavy atom. The van der Waals surface area contributed by atoms with Gasteiger partial charge in [-0.25, -0.2) is 0 Å². The topological polar surface area (TPSA) is 83.4 Å². The molecule has 0 aromatic heterocycles. The average Bonchev–Trinajstić information content (AvgIpc) is 2.34. The van der Waals surface area contributed by atoms with E-state index in [9.17, 15) is 0 Å². The summed E-state index contributed by atoms with van der Waals surface area (Å²) in [5.41, 5.74) is 0.511. The van der Waals surface area contributed by atoms with E-state index in [1.165, 1.54) is 0 Å². The Labute approximate surface area is 93.0 Å². The average molecular weight is 208 g/mol. The van der Waals surface area contributed by atoms with Crippen LogP contribution in [0.3, 0.4) is 0 Å². The lowest BCUT2D eigenvalue weighted by Gasteiger charge is -1.95. The van der Waals surface area contributed by atoms with Crippen LogP contribution < -0.4 is 15.8 Å². The molecule has 16 heavy (non-hydrogen) atoms. The van der Waals surface area contributed by atoms with Crippen molar-refractivity contribution in [2.75, 3.05) is 7.05 Å². The van der Waals surface area contributed by atoms with Crippen molar-refractivity contribution in [3.8, 4) is 18.2 Å². The van der Waals surface area contributed by atoms with Crippen molar-refractivity contribution in [3.63, 3.8) is 0 Å². The van der Waals surface area contributed by atoms with Crippen LogP contribution in [0.2, 0.25) is 0 Å². The van der Waals surface area contributed by atoms with Gasteiger partial charge in [0.1, 0.15) is 29.5 Å². The van der Waals surface area contributed by atoms with Crippen LogP contribution in [0.5, 0.6) is 0 Å². The Kier molecular flexibility index (Phi) is 3.67. The van der Waals surface area contributed by atoms with E-state index in [0.29, 0.717) is 10.9 Å². The smallest absolute Gasteiger partial charge is 0.136 e. The largest absolute Gasteiger partial charge is 0.379 e. The molecule has 0 saturated carbocycles. The van der Waals surface area contributed by atoms with Crippen LogP contribution in [-0.4, -0.2) is 7.05 Å². The summed E-state index contributed by atoms with van der Waals surface area (Å²) in [6.45, 7) is 0. The van der Waals surface area contributed by atoms with Crippen LogP contribution in [0.4, 0.5) is 0 Å². The number of nitrogens with one attached hydrogen (secondary N) is 1. The number of benzene rings is 1. The Morgan fingerprint density at radius 2 is 1.44 bits per heavy atom. The molecule has 0 aliphatic heterocycles. The third-order valence-electron chi connectivity index (χ3n) is 2.05. The number of rotatable bonds is 1. The lowest BCUT2D eigenvalue weighted by Crippen LogP contribution is -2.17. The van der Waals surface area contributed by atoms with Crippen LogP contribution in [0.25, 0.3) is 11.3 Å². The van der Waals surface area contributed by atoms with E-state index < -0.39 is 0 Å². The monoisotopic (exact) mass is 208 g/mol. The molecule has 0 bridgehead atoms. The second kappa shape index (κ2) is 5.20. The maximum absolute atomic E-state index is 8.79. The first-order valence-corrected chi connectivity index (χ1v) is 4.49. The molecular weight excluding hydrogens is 200 g/mol. The fourth-order valence-electron chi connectivity index (χ4n) is 1.22. The minimum absolute atomic E-state index is 0.0644. The first kappa shape index (κ1) is 11.3. The molecule has 76 valence electrons. The number of nitriles is 3. The van der Waals surface area contributed by atoms with Gasteiger partial charge in [-0.15, -0.1) is 0 Å². The van der Waals surface area contributed by atoms with Gasteiger partial charge in [0.15, 0.2) is 0 Å². The Bertz CT molecular complexity index is 596. The molecule has 1 rings (SSSR count). The van der Waals surface area contributed by atoms with Crippen molar-refractivity contribution < 1.29 is 0 Å². The zero-order chi connectivity index (χ0) is 12.0. The highest BCUT2D eigenvalue weighted by Crippen LogP contribution is 1.86. The van der Waals surface area contributed by atoms with Crippen LogP contribution >= 0.6 is 0 Å². The molecule has 0 heterocycles. The van der Waals surface area contributed by atoms with E-state index in [2.05, 4.69) is 5.32 Å². The number of nitrogens with zero attached hydrogens (tertiary/aromatic N) is 3. The summed E-state index contributed by atoms with van der Waals surface area (Å²) in [7, 11) is 1.66. The predicted octanol–water partition coefficient (Wildman–Crippen LogP) is -0.264. The van der Waals surface area contributed by atoms with Crippen molar-refractivity contribution in [1.29, 1.82) is 15.8 Å². The van der Waals surface area contributed by atoms with E-state index in [0.717, 1.165) is 5.22 Å². The van der Waals surface area contributed by atoms with Gasteiger partial charge in [-0.05, 0) is 0 Å². The van der Waals surface area contributed by atoms with Gasteiger partial charge >= 0.3 is 0 Å². The van der Waals surface area contributed by atoms with Gasteiger partial charge in [-0.3, -0.25) is 0 Å². The highest BCUT2D eigenvalue weighted by molar-refractivity contribution is 5.72. The van der Waals surface area contributed by atoms with Gasteiger partial charge in [0.25, 0.3) is 0 Å². The van der Waals surface area contributed by atoms with E-state index in [1.54, 1.807) is 31.3 Å². The summed E-state index contributed by atoms with van der Waals surface area (Å²) < 4.78 is 0. The molecule has 4 nitrogen and oxygen atoms in total. The molecule has 0 saturated heterocycles. The normalized spacial score (nSPS) is 8.12. The zero-order valence-electron chi connectivity index (χ0n) is 8.65. The third-order valence-corrected chi connectivity index (χ3v) is 2.05. The van der Waals surface area contributed by atoms with Crippen molar-refractivity contribution in [1.82, 2.24) is 5.32 Å². The maximum Gasteiger partial charge on any atom is 0.136 e. The highest BCUT2D eigenvalue weighted by atomic mass is 14.8. The van der Waals surface area contributed by atoms with Gasteiger partial charge in [0.05, 0.1) is 0 Å². The van der Waals surface area contributed by atoms with Crippen molar-refractivity contribution in [2.24, 2.45) is 0 Å². The van der Waals surface area contributed by atoms with E-state index in [-0.39, 0.29) is 5.57 Å². The molecule has 0 unspecified atom stereocenters. The standard InChI is InChI=1S/C12H8N4/c1-16-12(8-15)10-4-2-9(3-5-10)11(6-13)7-14/h2-5,16H,1H3. The first-order valence-electron chi connectivity index (χ1n) is 4.49. The van der Waals surface area contributed by atoms with Gasteiger partial charge in [0.2, 0.25) is 0 Å². The lowest BCUT2D eigenvalue weighted by atomic mass is 10.1. The summed E-state index contributed by atoms with van der Waals surface area (Å²) in [6, 6.07) is 12.3. The molecule has 0 radical (unpaired) electrons. The molecule has 0 fully saturated rings. The second-order valence-corrected chi connectivity index (χ2v) is 2.91. The highest BCUT2D eigenvalue weighted by Gasteiger charge is 1.95. The number of hydrogen-bond acceptors (Lipinski definition) is 4. The molecule has 1 aromatic carbocycles. The fourth-order valence-corrected chi connectivity index (χ4v) is 1.22. The van der Waals surface area contributed by atoms with Gasteiger partial charge in [-0.2, -0.15) is 15.8 Å². The fraction of sp³-hybridized carbons (Fsp3) is 0.0833. The van der Waals surface area contributed by atoms with Crippen molar-refractivity contribution in [3.05, 3.63) is 34.7 Å². The summed E-state index contributed by atoms with van der Waals surface area (Å²) in [5, 5.41) is 30.2. The van der Waals surface area contributed by atoms with Crippen LogP contribution in [0, 0.1) is 34.0 Å². The summed E-state index contributed by atoms with van der Waals surface area (Å²) >= 11 is 0. The zero-order valence-corrected chi connectivity index (χ0v) is 8.65. The third kappa shape index (κ3) is 2.18. The van der Waals surface area contributed by atoms with Crippen LogP contribution in [0.15, 0.2) is 24.3 Å². The maximum atomic E-state index is 8.79. The molecule has 4 heteroatoms. The quantitative estimate of drug-likeness (QED) is 0.689. The minimum atomic E-state index is 0.0644. The predicted molar refractivity (Wildman–Crippen MR) is 58.4 cm³/mol. The molecule has 0 aliphatic carbocycles. The molecule has 0 spiro atoms.